The molecule has 1 aromatic carbocycles. The van der Waals surface area contributed by atoms with Crippen molar-refractivity contribution < 1.29 is 9.90 Å². The fourth-order valence-corrected chi connectivity index (χ4v) is 2.58. The zero-order valence-electron chi connectivity index (χ0n) is 11.0. The Morgan fingerprint density at radius 3 is 2.70 bits per heavy atom. The van der Waals surface area contributed by atoms with Gasteiger partial charge in [0.25, 0.3) is 0 Å². The summed E-state index contributed by atoms with van der Waals surface area (Å²) in [5.41, 5.74) is 7.70. The van der Waals surface area contributed by atoms with E-state index in [4.69, 9.17) is 5.73 Å². The van der Waals surface area contributed by atoms with Crippen LogP contribution in [0.15, 0.2) is 47.2 Å². The van der Waals surface area contributed by atoms with Crippen LogP contribution in [0.5, 0.6) is 0 Å². The molecule has 0 aliphatic carbocycles. The summed E-state index contributed by atoms with van der Waals surface area (Å²) in [4.78, 5) is 11.9. The number of hydrogen-bond donors (Lipinski definition) is 3. The van der Waals surface area contributed by atoms with Gasteiger partial charge < -0.3 is 16.2 Å². The molecular weight excluding hydrogens is 272 g/mol. The molecule has 0 saturated heterocycles. The summed E-state index contributed by atoms with van der Waals surface area (Å²) in [6, 6.07) is 10.9. The van der Waals surface area contributed by atoms with Crippen molar-refractivity contribution in [2.45, 2.75) is 18.6 Å². The van der Waals surface area contributed by atoms with Gasteiger partial charge in [0.15, 0.2) is 0 Å². The van der Waals surface area contributed by atoms with Crippen LogP contribution in [0.3, 0.4) is 0 Å². The Bertz CT molecular complexity index is 528. The topological polar surface area (TPSA) is 75.4 Å². The van der Waals surface area contributed by atoms with Gasteiger partial charge in [0, 0.05) is 6.54 Å². The summed E-state index contributed by atoms with van der Waals surface area (Å²) < 4.78 is 0. The highest BCUT2D eigenvalue weighted by Crippen LogP contribution is 2.15. The Morgan fingerprint density at radius 1 is 1.30 bits per heavy atom. The van der Waals surface area contributed by atoms with Crippen molar-refractivity contribution in [2.24, 2.45) is 5.73 Å². The number of hydrogen-bond acceptors (Lipinski definition) is 4. The predicted molar refractivity (Wildman–Crippen MR) is 80.4 cm³/mol. The number of aliphatic hydroxyl groups is 1. The Morgan fingerprint density at radius 2 is 2.05 bits per heavy atom. The number of thiophene rings is 1. The van der Waals surface area contributed by atoms with Gasteiger partial charge in [0.2, 0.25) is 5.91 Å². The first-order valence-corrected chi connectivity index (χ1v) is 7.38. The SMILES string of the molecule is NC(Cc1ccccc1)C(=O)NCC(O)c1ccsc1. The Hall–Kier alpha value is -1.69. The minimum absolute atomic E-state index is 0.179. The molecule has 106 valence electrons. The first-order valence-electron chi connectivity index (χ1n) is 6.44. The number of carbonyl (C=O) groups excluding carboxylic acids is 1. The molecule has 4 nitrogen and oxygen atoms in total. The number of nitrogens with one attached hydrogen (secondary N) is 1. The molecule has 2 unspecified atom stereocenters. The average molecular weight is 290 g/mol. The van der Waals surface area contributed by atoms with E-state index < -0.39 is 12.1 Å². The number of amides is 1. The third-order valence-corrected chi connectivity index (χ3v) is 3.73. The quantitative estimate of drug-likeness (QED) is 0.754. The number of nitrogens with two attached hydrogens (primary N) is 1. The van der Waals surface area contributed by atoms with Gasteiger partial charge in [-0.1, -0.05) is 30.3 Å². The van der Waals surface area contributed by atoms with Gasteiger partial charge in [0.05, 0.1) is 12.1 Å². The normalized spacial score (nSPS) is 13.7. The first-order chi connectivity index (χ1) is 9.66. The molecule has 0 aliphatic rings. The second-order valence-corrected chi connectivity index (χ2v) is 5.39. The molecule has 0 saturated carbocycles. The molecular formula is C15H18N2O2S. The second-order valence-electron chi connectivity index (χ2n) is 4.61. The van der Waals surface area contributed by atoms with E-state index in [1.165, 1.54) is 11.3 Å². The van der Waals surface area contributed by atoms with E-state index >= 15 is 0 Å². The van der Waals surface area contributed by atoms with Crippen molar-refractivity contribution in [3.8, 4) is 0 Å². The maximum atomic E-state index is 11.9. The molecule has 0 aliphatic heterocycles. The van der Waals surface area contributed by atoms with Crippen LogP contribution in [0, 0.1) is 0 Å². The largest absolute Gasteiger partial charge is 0.387 e. The summed E-state index contributed by atoms with van der Waals surface area (Å²) in [5, 5.41) is 16.3. The molecule has 4 N–H and O–H groups in total. The molecule has 20 heavy (non-hydrogen) atoms. The highest BCUT2D eigenvalue weighted by atomic mass is 32.1. The molecule has 0 fully saturated rings. The third-order valence-electron chi connectivity index (χ3n) is 3.03. The lowest BCUT2D eigenvalue weighted by atomic mass is 10.1. The predicted octanol–water partition coefficient (Wildman–Crippen LogP) is 1.47. The van der Waals surface area contributed by atoms with Crippen molar-refractivity contribution in [2.75, 3.05) is 6.54 Å². The first kappa shape index (κ1) is 14.7. The van der Waals surface area contributed by atoms with Crippen LogP contribution >= 0.6 is 11.3 Å². The molecule has 2 atom stereocenters. The molecule has 2 aromatic rings. The summed E-state index contributed by atoms with van der Waals surface area (Å²) in [6.07, 6.45) is -0.199. The van der Waals surface area contributed by atoms with E-state index in [-0.39, 0.29) is 12.5 Å². The summed E-state index contributed by atoms with van der Waals surface area (Å²) in [7, 11) is 0. The van der Waals surface area contributed by atoms with Crippen molar-refractivity contribution in [3.63, 3.8) is 0 Å². The zero-order valence-corrected chi connectivity index (χ0v) is 11.8. The minimum Gasteiger partial charge on any atom is -0.387 e. The van der Waals surface area contributed by atoms with Crippen molar-refractivity contribution in [1.82, 2.24) is 5.32 Å². The average Bonchev–Trinajstić information content (AvgIpc) is 2.99. The molecule has 0 bridgehead atoms. The van der Waals surface area contributed by atoms with Gasteiger partial charge in [-0.3, -0.25) is 4.79 Å². The van der Waals surface area contributed by atoms with Crippen LogP contribution < -0.4 is 11.1 Å². The van der Waals surface area contributed by atoms with E-state index in [1.54, 1.807) is 0 Å². The molecule has 1 amide bonds. The van der Waals surface area contributed by atoms with Crippen LogP contribution in [0.1, 0.15) is 17.2 Å². The Balaban J connectivity index is 1.79. The monoisotopic (exact) mass is 290 g/mol. The maximum absolute atomic E-state index is 11.9. The lowest BCUT2D eigenvalue weighted by molar-refractivity contribution is -0.122. The highest BCUT2D eigenvalue weighted by molar-refractivity contribution is 7.07. The second kappa shape index (κ2) is 7.19. The minimum atomic E-state index is -0.686. The van der Waals surface area contributed by atoms with Crippen LogP contribution in [0.4, 0.5) is 0 Å². The fraction of sp³-hybridized carbons (Fsp3) is 0.267. The summed E-state index contributed by atoms with van der Waals surface area (Å²) in [6.45, 7) is 0.179. The fourth-order valence-electron chi connectivity index (χ4n) is 1.87. The lowest BCUT2D eigenvalue weighted by Crippen LogP contribution is -2.43. The van der Waals surface area contributed by atoms with E-state index in [1.807, 2.05) is 47.2 Å². The molecule has 0 spiro atoms. The van der Waals surface area contributed by atoms with Gasteiger partial charge in [-0.05, 0) is 34.4 Å². The lowest BCUT2D eigenvalue weighted by Gasteiger charge is -2.14. The van der Waals surface area contributed by atoms with Gasteiger partial charge in [-0.25, -0.2) is 0 Å². The van der Waals surface area contributed by atoms with Crippen LogP contribution in [0.2, 0.25) is 0 Å². The smallest absolute Gasteiger partial charge is 0.237 e. The number of carbonyl (C=O) groups is 1. The zero-order chi connectivity index (χ0) is 14.4. The van der Waals surface area contributed by atoms with Crippen LogP contribution in [-0.2, 0) is 11.2 Å². The van der Waals surface area contributed by atoms with Crippen molar-refractivity contribution in [3.05, 3.63) is 58.3 Å². The molecule has 1 heterocycles. The number of benzene rings is 1. The van der Waals surface area contributed by atoms with Crippen LogP contribution in [0.25, 0.3) is 0 Å². The van der Waals surface area contributed by atoms with Gasteiger partial charge in [-0.15, -0.1) is 0 Å². The Labute approximate surface area is 122 Å². The van der Waals surface area contributed by atoms with Crippen molar-refractivity contribution >= 4 is 17.2 Å². The van der Waals surface area contributed by atoms with Gasteiger partial charge in [0.1, 0.15) is 0 Å². The van der Waals surface area contributed by atoms with Crippen LogP contribution in [-0.4, -0.2) is 23.6 Å². The summed E-state index contributed by atoms with van der Waals surface area (Å²) >= 11 is 1.51. The van der Waals surface area contributed by atoms with Crippen molar-refractivity contribution in [1.29, 1.82) is 0 Å². The standard InChI is InChI=1S/C15H18N2O2S/c16-13(8-11-4-2-1-3-5-11)15(19)17-9-14(18)12-6-7-20-10-12/h1-7,10,13-14,18H,8-9,16H2,(H,17,19). The van der Waals surface area contributed by atoms with E-state index in [0.29, 0.717) is 6.42 Å². The highest BCUT2D eigenvalue weighted by Gasteiger charge is 2.16. The molecule has 1 aromatic heterocycles. The van der Waals surface area contributed by atoms with E-state index in [2.05, 4.69) is 5.32 Å². The third kappa shape index (κ3) is 4.16. The molecule has 5 heteroatoms. The molecule has 0 radical (unpaired) electrons. The van der Waals surface area contributed by atoms with E-state index in [9.17, 15) is 9.90 Å². The summed E-state index contributed by atoms with van der Waals surface area (Å²) in [5.74, 6) is -0.247. The number of aliphatic hydroxyl groups excluding tert-OH is 1. The van der Waals surface area contributed by atoms with Gasteiger partial charge in [-0.2, -0.15) is 11.3 Å². The Kier molecular flexibility index (Phi) is 5.29. The number of rotatable bonds is 6. The van der Waals surface area contributed by atoms with E-state index in [0.717, 1.165) is 11.1 Å². The maximum Gasteiger partial charge on any atom is 0.237 e. The molecule has 2 rings (SSSR count). The van der Waals surface area contributed by atoms with Gasteiger partial charge >= 0.3 is 0 Å².